The van der Waals surface area contributed by atoms with E-state index in [0.29, 0.717) is 12.4 Å². The molecule has 1 aromatic rings. The van der Waals surface area contributed by atoms with Crippen molar-refractivity contribution in [2.45, 2.75) is 33.1 Å². The Morgan fingerprint density at radius 2 is 2.16 bits per heavy atom. The van der Waals surface area contributed by atoms with Crippen LogP contribution in [0.15, 0.2) is 4.42 Å². The molecule has 7 heteroatoms. The molecule has 0 fully saturated rings. The van der Waals surface area contributed by atoms with Gasteiger partial charge in [-0.1, -0.05) is 25.9 Å². The van der Waals surface area contributed by atoms with Crippen LogP contribution in [0.3, 0.4) is 0 Å². The van der Waals surface area contributed by atoms with Gasteiger partial charge in [0.1, 0.15) is 0 Å². The van der Waals surface area contributed by atoms with Gasteiger partial charge in [0.2, 0.25) is 11.8 Å². The van der Waals surface area contributed by atoms with Crippen molar-refractivity contribution in [3.8, 4) is 0 Å². The lowest BCUT2D eigenvalue weighted by Crippen LogP contribution is -2.35. The molecular weight excluding hydrogens is 248 g/mol. The van der Waals surface area contributed by atoms with E-state index >= 15 is 0 Å². The number of nitrogens with zero attached hydrogens (tertiary/aromatic N) is 3. The highest BCUT2D eigenvalue weighted by atomic mass is 16.4. The summed E-state index contributed by atoms with van der Waals surface area (Å²) >= 11 is 0. The minimum absolute atomic E-state index is 0.0331. The summed E-state index contributed by atoms with van der Waals surface area (Å²) < 4.78 is 5.30. The fourth-order valence-corrected chi connectivity index (χ4v) is 1.61. The van der Waals surface area contributed by atoms with Gasteiger partial charge in [-0.05, 0) is 13.0 Å². The van der Waals surface area contributed by atoms with Crippen LogP contribution in [0.4, 0.5) is 6.01 Å². The van der Waals surface area contributed by atoms with Crippen molar-refractivity contribution in [2.24, 2.45) is 0 Å². The van der Waals surface area contributed by atoms with Gasteiger partial charge in [0, 0.05) is 12.5 Å². The van der Waals surface area contributed by atoms with E-state index in [1.165, 1.54) is 0 Å². The van der Waals surface area contributed by atoms with E-state index < -0.39 is 0 Å². The maximum atomic E-state index is 11.8. The van der Waals surface area contributed by atoms with Crippen LogP contribution in [0.25, 0.3) is 0 Å². The zero-order chi connectivity index (χ0) is 14.3. The van der Waals surface area contributed by atoms with E-state index in [-0.39, 0.29) is 31.0 Å². The summed E-state index contributed by atoms with van der Waals surface area (Å²) in [5.41, 5.74) is 0. The first-order valence-electron chi connectivity index (χ1n) is 6.53. The van der Waals surface area contributed by atoms with Gasteiger partial charge < -0.3 is 9.52 Å². The van der Waals surface area contributed by atoms with Gasteiger partial charge in [-0.3, -0.25) is 15.0 Å². The summed E-state index contributed by atoms with van der Waals surface area (Å²) in [6, 6.07) is 0.120. The Morgan fingerprint density at radius 1 is 1.42 bits per heavy atom. The monoisotopic (exact) mass is 270 g/mol. The third kappa shape index (κ3) is 5.35. The molecule has 0 radical (unpaired) electrons. The van der Waals surface area contributed by atoms with Crippen LogP contribution < -0.4 is 5.32 Å². The number of anilines is 1. The summed E-state index contributed by atoms with van der Waals surface area (Å²) in [7, 11) is 0. The Bertz CT molecular complexity index is 386. The van der Waals surface area contributed by atoms with Crippen LogP contribution in [0.1, 0.15) is 39.0 Å². The predicted octanol–water partition coefficient (Wildman–Crippen LogP) is 0.836. The lowest BCUT2D eigenvalue weighted by atomic mass is 10.2. The van der Waals surface area contributed by atoms with Crippen molar-refractivity contribution >= 4 is 11.9 Å². The van der Waals surface area contributed by atoms with Crippen molar-refractivity contribution in [3.05, 3.63) is 5.89 Å². The molecule has 1 heterocycles. The van der Waals surface area contributed by atoms with E-state index in [1.54, 1.807) is 0 Å². The molecule has 0 unspecified atom stereocenters. The molecule has 108 valence electrons. The number of aliphatic hydroxyl groups is 1. The average Bonchev–Trinajstić information content (AvgIpc) is 2.78. The third-order valence-electron chi connectivity index (χ3n) is 2.50. The lowest BCUT2D eigenvalue weighted by Gasteiger charge is -2.18. The van der Waals surface area contributed by atoms with E-state index in [9.17, 15) is 4.79 Å². The number of nitrogens with one attached hydrogen (secondary N) is 1. The van der Waals surface area contributed by atoms with Gasteiger partial charge in [0.05, 0.1) is 13.2 Å². The minimum atomic E-state index is -0.221. The molecule has 19 heavy (non-hydrogen) atoms. The molecule has 0 spiro atoms. The number of carbonyl (C=O) groups excluding carboxylic acids is 1. The first-order valence-corrected chi connectivity index (χ1v) is 6.53. The molecule has 0 aliphatic carbocycles. The molecule has 0 aliphatic rings. The Morgan fingerprint density at radius 3 is 2.68 bits per heavy atom. The van der Waals surface area contributed by atoms with Crippen LogP contribution in [-0.4, -0.2) is 52.4 Å². The maximum Gasteiger partial charge on any atom is 0.322 e. The van der Waals surface area contributed by atoms with Crippen molar-refractivity contribution in [1.82, 2.24) is 15.1 Å². The number of rotatable bonds is 8. The third-order valence-corrected chi connectivity index (χ3v) is 2.50. The summed E-state index contributed by atoms with van der Waals surface area (Å²) in [5.74, 6) is 0.404. The first-order chi connectivity index (χ1) is 9.06. The number of amides is 1. The average molecular weight is 270 g/mol. The molecule has 1 aromatic heterocycles. The lowest BCUT2D eigenvalue weighted by molar-refractivity contribution is -0.117. The Balaban J connectivity index is 2.48. The Hall–Kier alpha value is -1.47. The highest BCUT2D eigenvalue weighted by molar-refractivity contribution is 5.90. The van der Waals surface area contributed by atoms with Crippen molar-refractivity contribution < 1.29 is 14.3 Å². The molecule has 0 saturated heterocycles. The summed E-state index contributed by atoms with van der Waals surface area (Å²) in [4.78, 5) is 13.7. The smallest absolute Gasteiger partial charge is 0.322 e. The van der Waals surface area contributed by atoms with Crippen LogP contribution >= 0.6 is 0 Å². The number of hydrogen-bond donors (Lipinski definition) is 2. The Kier molecular flexibility index (Phi) is 6.44. The second-order valence-corrected chi connectivity index (χ2v) is 4.65. The first kappa shape index (κ1) is 15.6. The number of carbonyl (C=O) groups is 1. The largest absolute Gasteiger partial charge is 0.408 e. The fourth-order valence-electron chi connectivity index (χ4n) is 1.61. The quantitative estimate of drug-likeness (QED) is 0.727. The molecule has 2 N–H and O–H groups in total. The zero-order valence-corrected chi connectivity index (χ0v) is 11.7. The van der Waals surface area contributed by atoms with Gasteiger partial charge in [-0.2, -0.15) is 0 Å². The van der Waals surface area contributed by atoms with Crippen LogP contribution in [0.2, 0.25) is 0 Å². The van der Waals surface area contributed by atoms with Gasteiger partial charge in [-0.25, -0.2) is 0 Å². The normalized spacial score (nSPS) is 11.3. The van der Waals surface area contributed by atoms with Crippen molar-refractivity contribution in [1.29, 1.82) is 0 Å². The molecule has 7 nitrogen and oxygen atoms in total. The number of hydrogen-bond acceptors (Lipinski definition) is 6. The number of aromatic nitrogens is 2. The molecule has 0 aromatic carbocycles. The van der Waals surface area contributed by atoms with Crippen LogP contribution in [0.5, 0.6) is 0 Å². The molecule has 0 saturated carbocycles. The van der Waals surface area contributed by atoms with Crippen molar-refractivity contribution in [3.63, 3.8) is 0 Å². The fraction of sp³-hybridized carbons (Fsp3) is 0.750. The van der Waals surface area contributed by atoms with Crippen LogP contribution in [0, 0.1) is 0 Å². The van der Waals surface area contributed by atoms with E-state index in [0.717, 1.165) is 13.0 Å². The second kappa shape index (κ2) is 7.85. The second-order valence-electron chi connectivity index (χ2n) is 4.65. The van der Waals surface area contributed by atoms with Gasteiger partial charge in [0.15, 0.2) is 0 Å². The van der Waals surface area contributed by atoms with Gasteiger partial charge in [-0.15, -0.1) is 5.10 Å². The zero-order valence-electron chi connectivity index (χ0n) is 11.7. The topological polar surface area (TPSA) is 91.5 Å². The molecule has 0 aliphatic heterocycles. The van der Waals surface area contributed by atoms with Gasteiger partial charge >= 0.3 is 6.01 Å². The summed E-state index contributed by atoms with van der Waals surface area (Å²) in [6.45, 7) is 7.36. The molecule has 0 atom stereocenters. The molecule has 1 amide bonds. The summed E-state index contributed by atoms with van der Waals surface area (Å²) in [6.07, 6.45) is 0.922. The predicted molar refractivity (Wildman–Crippen MR) is 70.8 cm³/mol. The van der Waals surface area contributed by atoms with Gasteiger partial charge in [0.25, 0.3) is 0 Å². The highest BCUT2D eigenvalue weighted by Crippen LogP contribution is 2.14. The van der Waals surface area contributed by atoms with E-state index in [2.05, 4.69) is 15.5 Å². The van der Waals surface area contributed by atoms with E-state index in [4.69, 9.17) is 9.52 Å². The van der Waals surface area contributed by atoms with Crippen molar-refractivity contribution in [2.75, 3.05) is 31.6 Å². The molecular formula is C12H22N4O3. The SMILES string of the molecule is CCCN(CCO)CC(=O)Nc1nnc(C(C)C)o1. The van der Waals surface area contributed by atoms with E-state index in [1.807, 2.05) is 25.7 Å². The Labute approximate surface area is 113 Å². The van der Waals surface area contributed by atoms with Crippen LogP contribution in [-0.2, 0) is 4.79 Å². The summed E-state index contributed by atoms with van der Waals surface area (Å²) in [5, 5.41) is 19.1. The number of aliphatic hydroxyl groups excluding tert-OH is 1. The maximum absolute atomic E-state index is 11.8. The minimum Gasteiger partial charge on any atom is -0.408 e. The molecule has 1 rings (SSSR count). The molecule has 0 bridgehead atoms. The highest BCUT2D eigenvalue weighted by Gasteiger charge is 2.14. The standard InChI is InChI=1S/C12H22N4O3/c1-4-5-16(6-7-17)8-10(18)13-12-15-14-11(19-12)9(2)3/h9,17H,4-8H2,1-3H3,(H,13,15,18).